The second-order valence-electron chi connectivity index (χ2n) is 4.92. The monoisotopic (exact) mass is 285 g/mol. The molecule has 1 N–H and O–H groups in total. The van der Waals surface area contributed by atoms with Crippen LogP contribution >= 0.6 is 0 Å². The zero-order chi connectivity index (χ0) is 14.3. The van der Waals surface area contributed by atoms with Crippen molar-refractivity contribution in [1.29, 1.82) is 0 Å². The fourth-order valence-corrected chi connectivity index (χ4v) is 2.26. The number of hydrogen-bond donors (Lipinski definition) is 1. The summed E-state index contributed by atoms with van der Waals surface area (Å²) < 4.78 is 16.2. The normalized spacial score (nSPS) is 11.2. The number of rotatable bonds is 8. The van der Waals surface area contributed by atoms with E-state index in [1.54, 1.807) is 6.26 Å². The first kappa shape index (κ1) is 13.9. The molecule has 0 spiro atoms. The van der Waals surface area contributed by atoms with Crippen LogP contribution < -0.4 is 5.32 Å². The quantitative estimate of drug-likeness (QED) is 0.641. The van der Waals surface area contributed by atoms with Gasteiger partial charge in [0.05, 0.1) is 12.5 Å². The molecule has 0 aliphatic carbocycles. The van der Waals surface area contributed by atoms with Gasteiger partial charge in [0.25, 0.3) is 0 Å². The number of benzene rings is 1. The van der Waals surface area contributed by atoms with Crippen molar-refractivity contribution in [3.8, 4) is 0 Å². The minimum absolute atomic E-state index is 0.541. The summed E-state index contributed by atoms with van der Waals surface area (Å²) in [6, 6.07) is 11.9. The van der Waals surface area contributed by atoms with Gasteiger partial charge < -0.3 is 18.9 Å². The standard InChI is InChI=1S/C17H19NO3/c1-2-7-17-16(6-1)14(12-21-17)11-18-8-4-9-19-13-15-5-3-10-20-15/h1-3,5-7,10,12,18H,4,8-9,11,13H2. The van der Waals surface area contributed by atoms with Crippen molar-refractivity contribution in [3.63, 3.8) is 0 Å². The molecule has 0 amide bonds. The molecule has 0 saturated heterocycles. The highest BCUT2D eigenvalue weighted by Gasteiger charge is 2.03. The third-order valence-electron chi connectivity index (χ3n) is 3.34. The molecule has 0 aliphatic heterocycles. The molecule has 0 fully saturated rings. The Morgan fingerprint density at radius 2 is 2.00 bits per heavy atom. The summed E-state index contributed by atoms with van der Waals surface area (Å²) in [7, 11) is 0. The van der Waals surface area contributed by atoms with Crippen LogP contribution in [0.3, 0.4) is 0 Å². The van der Waals surface area contributed by atoms with Gasteiger partial charge in [0.2, 0.25) is 0 Å². The van der Waals surface area contributed by atoms with Crippen molar-refractivity contribution in [2.45, 2.75) is 19.6 Å². The first-order valence-electron chi connectivity index (χ1n) is 7.19. The van der Waals surface area contributed by atoms with Gasteiger partial charge in [0, 0.05) is 24.1 Å². The highest BCUT2D eigenvalue weighted by Crippen LogP contribution is 2.20. The van der Waals surface area contributed by atoms with Crippen molar-refractivity contribution in [2.75, 3.05) is 13.2 Å². The maximum Gasteiger partial charge on any atom is 0.134 e. The summed E-state index contributed by atoms with van der Waals surface area (Å²) in [5, 5.41) is 4.59. The first-order chi connectivity index (χ1) is 10.4. The third-order valence-corrected chi connectivity index (χ3v) is 3.34. The molecule has 0 saturated carbocycles. The Bertz CT molecular complexity index is 658. The van der Waals surface area contributed by atoms with E-state index < -0.39 is 0 Å². The van der Waals surface area contributed by atoms with E-state index in [2.05, 4.69) is 11.4 Å². The molecule has 0 bridgehead atoms. The SMILES string of the molecule is c1coc(COCCCNCc2coc3ccccc23)c1. The maximum atomic E-state index is 5.53. The largest absolute Gasteiger partial charge is 0.467 e. The van der Waals surface area contributed by atoms with Gasteiger partial charge in [-0.05, 0) is 31.2 Å². The molecule has 3 rings (SSSR count). The van der Waals surface area contributed by atoms with E-state index in [1.807, 2.05) is 36.6 Å². The van der Waals surface area contributed by atoms with Crippen molar-refractivity contribution < 1.29 is 13.6 Å². The lowest BCUT2D eigenvalue weighted by atomic mass is 10.2. The fraction of sp³-hybridized carbons (Fsp3) is 0.294. The number of para-hydroxylation sites is 1. The predicted octanol–water partition coefficient (Wildman–Crippen LogP) is 3.72. The Balaban J connectivity index is 1.33. The average Bonchev–Trinajstić information content (AvgIpc) is 3.16. The summed E-state index contributed by atoms with van der Waals surface area (Å²) in [4.78, 5) is 0. The second kappa shape index (κ2) is 7.11. The van der Waals surface area contributed by atoms with Crippen molar-refractivity contribution in [2.24, 2.45) is 0 Å². The molecule has 110 valence electrons. The van der Waals surface area contributed by atoms with E-state index in [-0.39, 0.29) is 0 Å². The highest BCUT2D eigenvalue weighted by molar-refractivity contribution is 5.80. The minimum atomic E-state index is 0.541. The third kappa shape index (κ3) is 3.74. The van der Waals surface area contributed by atoms with Gasteiger partial charge in [-0.2, -0.15) is 0 Å². The highest BCUT2D eigenvalue weighted by atomic mass is 16.5. The Morgan fingerprint density at radius 1 is 1.05 bits per heavy atom. The zero-order valence-corrected chi connectivity index (χ0v) is 11.9. The van der Waals surface area contributed by atoms with Crippen LogP contribution in [0.5, 0.6) is 0 Å². The molecule has 3 aromatic rings. The van der Waals surface area contributed by atoms with Crippen LogP contribution in [0.25, 0.3) is 11.0 Å². The number of ether oxygens (including phenoxy) is 1. The Morgan fingerprint density at radius 3 is 2.90 bits per heavy atom. The van der Waals surface area contributed by atoms with E-state index in [0.717, 1.165) is 37.5 Å². The average molecular weight is 285 g/mol. The molecule has 1 aromatic carbocycles. The van der Waals surface area contributed by atoms with E-state index in [1.165, 1.54) is 10.9 Å². The second-order valence-corrected chi connectivity index (χ2v) is 4.92. The van der Waals surface area contributed by atoms with E-state index >= 15 is 0 Å². The lowest BCUT2D eigenvalue weighted by molar-refractivity contribution is 0.104. The predicted molar refractivity (Wildman–Crippen MR) is 80.9 cm³/mol. The molecule has 4 heteroatoms. The molecule has 2 aromatic heterocycles. The van der Waals surface area contributed by atoms with Gasteiger partial charge in [-0.1, -0.05) is 18.2 Å². The summed E-state index contributed by atoms with van der Waals surface area (Å²) >= 11 is 0. The van der Waals surface area contributed by atoms with Crippen molar-refractivity contribution >= 4 is 11.0 Å². The van der Waals surface area contributed by atoms with Crippen LogP contribution in [-0.2, 0) is 17.9 Å². The molecule has 0 aliphatic rings. The Kier molecular flexibility index (Phi) is 4.71. The van der Waals surface area contributed by atoms with Gasteiger partial charge >= 0.3 is 0 Å². The smallest absolute Gasteiger partial charge is 0.134 e. The summed E-state index contributed by atoms with van der Waals surface area (Å²) in [5.41, 5.74) is 2.14. The molecule has 0 unspecified atom stereocenters. The minimum Gasteiger partial charge on any atom is -0.467 e. The number of nitrogens with one attached hydrogen (secondary N) is 1. The molecular weight excluding hydrogens is 266 g/mol. The van der Waals surface area contributed by atoms with Gasteiger partial charge in [-0.25, -0.2) is 0 Å². The van der Waals surface area contributed by atoms with Gasteiger partial charge in [-0.3, -0.25) is 0 Å². The Labute approximate surface area is 123 Å². The van der Waals surface area contributed by atoms with Gasteiger partial charge in [0.15, 0.2) is 0 Å². The molecule has 21 heavy (non-hydrogen) atoms. The number of furan rings is 2. The zero-order valence-electron chi connectivity index (χ0n) is 11.9. The van der Waals surface area contributed by atoms with Crippen molar-refractivity contribution in [1.82, 2.24) is 5.32 Å². The summed E-state index contributed by atoms with van der Waals surface area (Å²) in [6.07, 6.45) is 4.46. The van der Waals surface area contributed by atoms with Crippen LogP contribution in [0.15, 0.2) is 57.8 Å². The Hall–Kier alpha value is -2.04. The fourth-order valence-electron chi connectivity index (χ4n) is 2.26. The topological polar surface area (TPSA) is 47.5 Å². The molecule has 4 nitrogen and oxygen atoms in total. The molecular formula is C17H19NO3. The summed E-state index contributed by atoms with van der Waals surface area (Å²) in [5.74, 6) is 0.868. The molecule has 2 heterocycles. The number of hydrogen-bond acceptors (Lipinski definition) is 4. The van der Waals surface area contributed by atoms with Crippen LogP contribution in [0.4, 0.5) is 0 Å². The van der Waals surface area contributed by atoms with Crippen LogP contribution in [-0.4, -0.2) is 13.2 Å². The van der Waals surface area contributed by atoms with Gasteiger partial charge in [-0.15, -0.1) is 0 Å². The van der Waals surface area contributed by atoms with Crippen LogP contribution in [0.2, 0.25) is 0 Å². The summed E-state index contributed by atoms with van der Waals surface area (Å²) in [6.45, 7) is 2.99. The molecule has 0 radical (unpaired) electrons. The lowest BCUT2D eigenvalue weighted by Crippen LogP contribution is -2.16. The van der Waals surface area contributed by atoms with Crippen molar-refractivity contribution in [3.05, 3.63) is 60.2 Å². The van der Waals surface area contributed by atoms with E-state index in [4.69, 9.17) is 13.6 Å². The lowest BCUT2D eigenvalue weighted by Gasteiger charge is -2.04. The van der Waals surface area contributed by atoms with Crippen LogP contribution in [0.1, 0.15) is 17.7 Å². The molecule has 0 atom stereocenters. The maximum absolute atomic E-state index is 5.53. The van der Waals surface area contributed by atoms with E-state index in [9.17, 15) is 0 Å². The van der Waals surface area contributed by atoms with E-state index in [0.29, 0.717) is 6.61 Å². The number of fused-ring (bicyclic) bond motifs is 1. The van der Waals surface area contributed by atoms with Gasteiger partial charge in [0.1, 0.15) is 18.0 Å². The first-order valence-corrected chi connectivity index (χ1v) is 7.19. The van der Waals surface area contributed by atoms with Crippen LogP contribution in [0, 0.1) is 0 Å².